The van der Waals surface area contributed by atoms with Gasteiger partial charge in [-0.25, -0.2) is 0 Å². The number of hydrogen-bond acceptors (Lipinski definition) is 4. The molecule has 0 atom stereocenters. The van der Waals surface area contributed by atoms with Gasteiger partial charge in [-0.3, -0.25) is 14.5 Å². The number of rotatable bonds is 6. The van der Waals surface area contributed by atoms with E-state index in [1.165, 1.54) is 11.8 Å². The van der Waals surface area contributed by atoms with E-state index in [2.05, 4.69) is 17.4 Å². The Morgan fingerprint density at radius 3 is 2.52 bits per heavy atom. The van der Waals surface area contributed by atoms with Gasteiger partial charge in [0.15, 0.2) is 5.76 Å². The van der Waals surface area contributed by atoms with Crippen LogP contribution in [0, 0.1) is 6.92 Å². The number of benzene rings is 1. The van der Waals surface area contributed by atoms with Gasteiger partial charge in [0.25, 0.3) is 5.91 Å². The number of carbonyl (C=O) groups excluding carboxylic acids is 2. The van der Waals surface area contributed by atoms with Crippen LogP contribution in [0.5, 0.6) is 0 Å². The molecular formula is C21H27N3O3. The zero-order valence-corrected chi connectivity index (χ0v) is 16.0. The van der Waals surface area contributed by atoms with Gasteiger partial charge in [-0.05, 0) is 38.4 Å². The summed E-state index contributed by atoms with van der Waals surface area (Å²) in [6, 6.07) is 12.0. The first-order chi connectivity index (χ1) is 13.0. The Morgan fingerprint density at radius 1 is 1.19 bits per heavy atom. The Labute approximate surface area is 160 Å². The first kappa shape index (κ1) is 19.2. The fraction of sp³-hybridized carbons (Fsp3) is 0.429. The van der Waals surface area contributed by atoms with Crippen molar-refractivity contribution in [2.75, 3.05) is 26.7 Å². The summed E-state index contributed by atoms with van der Waals surface area (Å²) in [4.78, 5) is 28.7. The van der Waals surface area contributed by atoms with Gasteiger partial charge in [0.1, 0.15) is 0 Å². The molecule has 0 saturated carbocycles. The predicted molar refractivity (Wildman–Crippen MR) is 103 cm³/mol. The van der Waals surface area contributed by atoms with E-state index in [4.69, 9.17) is 4.42 Å². The highest BCUT2D eigenvalue weighted by Gasteiger charge is 2.25. The molecule has 1 aliphatic rings. The summed E-state index contributed by atoms with van der Waals surface area (Å²) in [5, 5.41) is 3.01. The molecule has 0 radical (unpaired) electrons. The van der Waals surface area contributed by atoms with Gasteiger partial charge >= 0.3 is 0 Å². The quantitative estimate of drug-likeness (QED) is 0.849. The number of nitrogens with zero attached hydrogens (tertiary/aromatic N) is 2. The molecule has 0 spiro atoms. The second-order valence-corrected chi connectivity index (χ2v) is 7.22. The van der Waals surface area contributed by atoms with Crippen molar-refractivity contribution in [3.8, 4) is 0 Å². The topological polar surface area (TPSA) is 65.8 Å². The molecule has 1 aliphatic heterocycles. The van der Waals surface area contributed by atoms with Crippen LogP contribution < -0.4 is 5.32 Å². The van der Waals surface area contributed by atoms with Crippen molar-refractivity contribution in [3.63, 3.8) is 0 Å². The average Bonchev–Trinajstić information content (AvgIpc) is 3.09. The second-order valence-electron chi connectivity index (χ2n) is 7.22. The van der Waals surface area contributed by atoms with Crippen LogP contribution >= 0.6 is 0 Å². The van der Waals surface area contributed by atoms with E-state index in [1.54, 1.807) is 6.07 Å². The van der Waals surface area contributed by atoms with Gasteiger partial charge in [0.05, 0.1) is 12.8 Å². The molecule has 1 aromatic carbocycles. The van der Waals surface area contributed by atoms with Crippen molar-refractivity contribution in [3.05, 3.63) is 59.5 Å². The van der Waals surface area contributed by atoms with E-state index in [9.17, 15) is 9.59 Å². The number of likely N-dealkylation sites (N-methyl/N-ethyl adjacent to an activating group) is 1. The molecule has 0 bridgehead atoms. The van der Waals surface area contributed by atoms with Gasteiger partial charge in [0, 0.05) is 31.2 Å². The molecule has 1 saturated heterocycles. The molecule has 144 valence electrons. The fourth-order valence-corrected chi connectivity index (χ4v) is 3.41. The number of hydrogen-bond donors (Lipinski definition) is 1. The third kappa shape index (κ3) is 5.20. The number of likely N-dealkylation sites (tertiary alicyclic amines) is 1. The van der Waals surface area contributed by atoms with E-state index in [-0.39, 0.29) is 17.9 Å². The smallest absolute Gasteiger partial charge is 0.287 e. The second kappa shape index (κ2) is 8.86. The average molecular weight is 369 g/mol. The van der Waals surface area contributed by atoms with Crippen molar-refractivity contribution < 1.29 is 14.0 Å². The zero-order chi connectivity index (χ0) is 19.2. The van der Waals surface area contributed by atoms with Crippen LogP contribution in [0.15, 0.2) is 47.1 Å². The molecule has 2 heterocycles. The van der Waals surface area contributed by atoms with Crippen molar-refractivity contribution in [2.24, 2.45) is 0 Å². The third-order valence-corrected chi connectivity index (χ3v) is 4.95. The Bertz CT molecular complexity index is 764. The summed E-state index contributed by atoms with van der Waals surface area (Å²) in [7, 11) is 1.96. The van der Waals surface area contributed by atoms with Crippen molar-refractivity contribution in [1.29, 1.82) is 0 Å². The maximum Gasteiger partial charge on any atom is 0.287 e. The molecule has 3 rings (SSSR count). The molecule has 6 nitrogen and oxygen atoms in total. The number of nitrogens with one attached hydrogen (secondary N) is 1. The molecule has 0 unspecified atom stereocenters. The monoisotopic (exact) mass is 369 g/mol. The Balaban J connectivity index is 1.42. The van der Waals surface area contributed by atoms with Crippen LogP contribution in [0.3, 0.4) is 0 Å². The summed E-state index contributed by atoms with van der Waals surface area (Å²) < 4.78 is 5.24. The lowest BCUT2D eigenvalue weighted by Gasteiger charge is -2.33. The summed E-state index contributed by atoms with van der Waals surface area (Å²) in [5.74, 6) is 0.334. The number of carbonyl (C=O) groups is 2. The minimum atomic E-state index is -0.176. The fourth-order valence-electron chi connectivity index (χ4n) is 3.41. The molecular weight excluding hydrogens is 342 g/mol. The van der Waals surface area contributed by atoms with Crippen molar-refractivity contribution in [2.45, 2.75) is 32.4 Å². The van der Waals surface area contributed by atoms with E-state index < -0.39 is 0 Å². The molecule has 1 aromatic heterocycles. The largest absolute Gasteiger partial charge is 0.459 e. The highest BCUT2D eigenvalue weighted by atomic mass is 16.3. The van der Waals surface area contributed by atoms with Gasteiger partial charge in [-0.15, -0.1) is 0 Å². The lowest BCUT2D eigenvalue weighted by molar-refractivity contribution is -0.133. The van der Waals surface area contributed by atoms with Crippen molar-refractivity contribution >= 4 is 11.8 Å². The number of piperidine rings is 1. The molecule has 2 amide bonds. The molecule has 1 fully saturated rings. The molecule has 0 aliphatic carbocycles. The lowest BCUT2D eigenvalue weighted by Crippen LogP contribution is -2.48. The molecule has 6 heteroatoms. The first-order valence-corrected chi connectivity index (χ1v) is 9.38. The number of amides is 2. The highest BCUT2D eigenvalue weighted by molar-refractivity contribution is 5.93. The van der Waals surface area contributed by atoms with Gasteiger partial charge in [-0.2, -0.15) is 0 Å². The van der Waals surface area contributed by atoms with Crippen LogP contribution in [0.25, 0.3) is 0 Å². The number of aryl methyl sites for hydroxylation is 1. The minimum absolute atomic E-state index is 0.0769. The normalized spacial score (nSPS) is 15.1. The third-order valence-electron chi connectivity index (χ3n) is 4.95. The van der Waals surface area contributed by atoms with E-state index in [0.29, 0.717) is 25.4 Å². The van der Waals surface area contributed by atoms with Crippen LogP contribution in [0.2, 0.25) is 0 Å². The van der Waals surface area contributed by atoms with Gasteiger partial charge in [-0.1, -0.05) is 30.3 Å². The van der Waals surface area contributed by atoms with Crippen LogP contribution in [-0.2, 0) is 11.3 Å². The summed E-state index contributed by atoms with van der Waals surface area (Å²) in [6.45, 7) is 4.34. The van der Waals surface area contributed by atoms with Crippen LogP contribution in [-0.4, -0.2) is 54.3 Å². The molecule has 1 N–H and O–H groups in total. The highest BCUT2D eigenvalue weighted by Crippen LogP contribution is 2.14. The molecule has 2 aromatic rings. The zero-order valence-electron chi connectivity index (χ0n) is 16.0. The first-order valence-electron chi connectivity index (χ1n) is 9.38. The maximum atomic E-state index is 12.5. The maximum absolute atomic E-state index is 12.5. The molecule has 27 heavy (non-hydrogen) atoms. The predicted octanol–water partition coefficient (Wildman–Crippen LogP) is 2.44. The van der Waals surface area contributed by atoms with E-state index >= 15 is 0 Å². The van der Waals surface area contributed by atoms with Crippen molar-refractivity contribution in [1.82, 2.24) is 15.1 Å². The summed E-state index contributed by atoms with van der Waals surface area (Å²) >= 11 is 0. The van der Waals surface area contributed by atoms with Crippen LogP contribution in [0.1, 0.15) is 34.5 Å². The standard InChI is InChI=1S/C21H27N3O3/c1-16-10-13-27-20(16)21(26)22-18-8-11-24(12-9-18)19(25)15-23(2)14-17-6-4-3-5-7-17/h3-7,10,13,18H,8-9,11-12,14-15H2,1-2H3,(H,22,26). The summed E-state index contributed by atoms with van der Waals surface area (Å²) in [6.07, 6.45) is 3.05. The summed E-state index contributed by atoms with van der Waals surface area (Å²) in [5.41, 5.74) is 2.03. The minimum Gasteiger partial charge on any atom is -0.459 e. The van der Waals surface area contributed by atoms with Gasteiger partial charge in [0.2, 0.25) is 5.91 Å². The lowest BCUT2D eigenvalue weighted by atomic mass is 10.0. The van der Waals surface area contributed by atoms with Gasteiger partial charge < -0.3 is 14.6 Å². The van der Waals surface area contributed by atoms with E-state index in [0.717, 1.165) is 24.9 Å². The Hall–Kier alpha value is -2.60. The SMILES string of the molecule is Cc1ccoc1C(=O)NC1CCN(C(=O)CN(C)Cc2ccccc2)CC1. The van der Waals surface area contributed by atoms with Crippen LogP contribution in [0.4, 0.5) is 0 Å². The number of furan rings is 1. The van der Waals surface area contributed by atoms with E-state index in [1.807, 2.05) is 42.0 Å². The Kier molecular flexibility index (Phi) is 6.29. The Morgan fingerprint density at radius 2 is 1.89 bits per heavy atom.